The normalized spacial score (nSPS) is 13.0. The van der Waals surface area contributed by atoms with Crippen LogP contribution in [0.5, 0.6) is 0 Å². The van der Waals surface area contributed by atoms with Crippen molar-refractivity contribution in [2.24, 2.45) is 5.92 Å². The van der Waals surface area contributed by atoms with Crippen LogP contribution in [-0.2, 0) is 19.4 Å². The molecular weight excluding hydrogens is 218 g/mol. The molecule has 0 aliphatic heterocycles. The Kier molecular flexibility index (Phi) is 5.88. The van der Waals surface area contributed by atoms with Gasteiger partial charge in [-0.15, -0.1) is 0 Å². The van der Waals surface area contributed by atoms with Crippen LogP contribution in [0.25, 0.3) is 0 Å². The zero-order chi connectivity index (χ0) is 12.0. The average Bonchev–Trinajstić information content (AvgIpc) is 2.69. The lowest BCUT2D eigenvalue weighted by Crippen LogP contribution is -2.09. The van der Waals surface area contributed by atoms with Gasteiger partial charge in [-0.05, 0) is 24.5 Å². The molecule has 0 aliphatic rings. The maximum Gasteiger partial charge on any atom is 0.150 e. The number of rotatable bonds is 7. The monoisotopic (exact) mass is 241 g/mol. The van der Waals surface area contributed by atoms with Crippen LogP contribution in [0.4, 0.5) is 0 Å². The summed E-state index contributed by atoms with van der Waals surface area (Å²) in [5, 5.41) is 4.52. The molecule has 0 bridgehead atoms. The number of thiol groups is 1. The van der Waals surface area contributed by atoms with E-state index in [0.29, 0.717) is 0 Å². The van der Waals surface area contributed by atoms with Gasteiger partial charge in [0.2, 0.25) is 0 Å². The summed E-state index contributed by atoms with van der Waals surface area (Å²) in [5.74, 6) is 3.78. The van der Waals surface area contributed by atoms with Crippen molar-refractivity contribution in [3.8, 4) is 0 Å². The van der Waals surface area contributed by atoms with E-state index in [2.05, 4.69) is 48.2 Å². The third kappa shape index (κ3) is 3.81. The summed E-state index contributed by atoms with van der Waals surface area (Å²) >= 11 is 4.26. The number of hydrogen-bond donors (Lipinski definition) is 1. The summed E-state index contributed by atoms with van der Waals surface area (Å²) < 4.78 is 2.08. The zero-order valence-electron chi connectivity index (χ0n) is 10.6. The van der Waals surface area contributed by atoms with E-state index in [-0.39, 0.29) is 0 Å². The first-order valence-electron chi connectivity index (χ1n) is 6.24. The van der Waals surface area contributed by atoms with Crippen molar-refractivity contribution in [1.29, 1.82) is 0 Å². The second-order valence-corrected chi connectivity index (χ2v) is 4.73. The molecule has 0 saturated carbocycles. The van der Waals surface area contributed by atoms with E-state index in [1.54, 1.807) is 0 Å². The third-order valence-electron chi connectivity index (χ3n) is 2.88. The van der Waals surface area contributed by atoms with Gasteiger partial charge in [0, 0.05) is 19.4 Å². The molecule has 0 spiro atoms. The lowest BCUT2D eigenvalue weighted by Gasteiger charge is -2.10. The van der Waals surface area contributed by atoms with Gasteiger partial charge in [0.25, 0.3) is 0 Å². The van der Waals surface area contributed by atoms with Crippen molar-refractivity contribution in [2.45, 2.75) is 53.0 Å². The first-order valence-corrected chi connectivity index (χ1v) is 6.87. The van der Waals surface area contributed by atoms with E-state index < -0.39 is 0 Å². The van der Waals surface area contributed by atoms with E-state index in [9.17, 15) is 0 Å². The van der Waals surface area contributed by atoms with Crippen molar-refractivity contribution >= 4 is 12.6 Å². The molecule has 16 heavy (non-hydrogen) atoms. The molecule has 3 nitrogen and oxygen atoms in total. The molecule has 1 heterocycles. The van der Waals surface area contributed by atoms with Gasteiger partial charge in [0.1, 0.15) is 5.82 Å². The van der Waals surface area contributed by atoms with Gasteiger partial charge in [-0.3, -0.25) is 0 Å². The lowest BCUT2D eigenvalue weighted by molar-refractivity contribution is 0.441. The predicted molar refractivity (Wildman–Crippen MR) is 71.0 cm³/mol. The molecule has 0 N–H and O–H groups in total. The van der Waals surface area contributed by atoms with E-state index in [4.69, 9.17) is 0 Å². The Bertz CT molecular complexity index is 309. The average molecular weight is 241 g/mol. The summed E-state index contributed by atoms with van der Waals surface area (Å²) in [6.45, 7) is 7.50. The van der Waals surface area contributed by atoms with Crippen LogP contribution < -0.4 is 0 Å². The van der Waals surface area contributed by atoms with Gasteiger partial charge in [-0.1, -0.05) is 20.8 Å². The Labute approximate surface area is 104 Å². The van der Waals surface area contributed by atoms with Crippen LogP contribution in [0.1, 0.15) is 45.3 Å². The van der Waals surface area contributed by atoms with Gasteiger partial charge in [0.05, 0.1) is 0 Å². The molecule has 1 aromatic heterocycles. The zero-order valence-corrected chi connectivity index (χ0v) is 11.5. The van der Waals surface area contributed by atoms with Crippen molar-refractivity contribution in [3.63, 3.8) is 0 Å². The molecule has 1 atom stereocenters. The quantitative estimate of drug-likeness (QED) is 0.744. The van der Waals surface area contributed by atoms with Crippen LogP contribution in [0, 0.1) is 5.92 Å². The molecule has 0 aromatic carbocycles. The molecule has 0 amide bonds. The van der Waals surface area contributed by atoms with Crippen LogP contribution >= 0.6 is 12.6 Å². The Morgan fingerprint density at radius 2 is 2.00 bits per heavy atom. The van der Waals surface area contributed by atoms with Gasteiger partial charge in [-0.2, -0.15) is 17.7 Å². The Morgan fingerprint density at radius 1 is 1.25 bits per heavy atom. The maximum absolute atomic E-state index is 4.52. The number of aromatic nitrogens is 3. The van der Waals surface area contributed by atoms with Gasteiger partial charge >= 0.3 is 0 Å². The van der Waals surface area contributed by atoms with E-state index in [0.717, 1.165) is 42.7 Å². The Morgan fingerprint density at radius 3 is 2.56 bits per heavy atom. The lowest BCUT2D eigenvalue weighted by atomic mass is 10.1. The molecule has 1 aromatic rings. The minimum atomic E-state index is 0.719. The smallest absolute Gasteiger partial charge is 0.150 e. The predicted octanol–water partition coefficient (Wildman–Crippen LogP) is 2.75. The summed E-state index contributed by atoms with van der Waals surface area (Å²) in [6, 6.07) is 0. The Balaban J connectivity index is 2.54. The molecule has 4 heteroatoms. The van der Waals surface area contributed by atoms with Crippen molar-refractivity contribution in [3.05, 3.63) is 11.6 Å². The van der Waals surface area contributed by atoms with Crippen molar-refractivity contribution in [2.75, 3.05) is 5.75 Å². The number of aryl methyl sites for hydroxylation is 3. The fourth-order valence-electron chi connectivity index (χ4n) is 1.72. The van der Waals surface area contributed by atoms with Crippen molar-refractivity contribution < 1.29 is 0 Å². The van der Waals surface area contributed by atoms with Gasteiger partial charge < -0.3 is 0 Å². The van der Waals surface area contributed by atoms with Crippen LogP contribution in [0.2, 0.25) is 0 Å². The summed E-state index contributed by atoms with van der Waals surface area (Å²) in [4.78, 5) is 4.51. The largest absolute Gasteiger partial charge is 0.250 e. The van der Waals surface area contributed by atoms with Crippen molar-refractivity contribution in [1.82, 2.24) is 14.8 Å². The first kappa shape index (κ1) is 13.6. The number of nitrogens with zero attached hydrogens (tertiary/aromatic N) is 3. The SMILES string of the molecule is CCc1nc(CC)n(CCC(C)CCS)n1. The van der Waals surface area contributed by atoms with Crippen LogP contribution in [0.3, 0.4) is 0 Å². The van der Waals surface area contributed by atoms with E-state index >= 15 is 0 Å². The van der Waals surface area contributed by atoms with E-state index in [1.807, 2.05) is 0 Å². The molecule has 1 rings (SSSR count). The molecule has 0 aliphatic carbocycles. The minimum absolute atomic E-state index is 0.719. The van der Waals surface area contributed by atoms with E-state index in [1.165, 1.54) is 12.8 Å². The second-order valence-electron chi connectivity index (χ2n) is 4.28. The summed E-state index contributed by atoms with van der Waals surface area (Å²) in [6.07, 6.45) is 4.24. The fourth-order valence-corrected chi connectivity index (χ4v) is 2.16. The first-order chi connectivity index (χ1) is 7.71. The van der Waals surface area contributed by atoms with Crippen LogP contribution in [0.15, 0.2) is 0 Å². The molecule has 1 unspecified atom stereocenters. The highest BCUT2D eigenvalue weighted by molar-refractivity contribution is 7.80. The molecule has 92 valence electrons. The highest BCUT2D eigenvalue weighted by Gasteiger charge is 2.08. The second kappa shape index (κ2) is 6.94. The highest BCUT2D eigenvalue weighted by Crippen LogP contribution is 2.11. The molecule has 0 fully saturated rings. The van der Waals surface area contributed by atoms with Gasteiger partial charge in [0.15, 0.2) is 5.82 Å². The highest BCUT2D eigenvalue weighted by atomic mass is 32.1. The summed E-state index contributed by atoms with van der Waals surface area (Å²) in [7, 11) is 0. The minimum Gasteiger partial charge on any atom is -0.250 e. The fraction of sp³-hybridized carbons (Fsp3) is 0.833. The topological polar surface area (TPSA) is 30.7 Å². The van der Waals surface area contributed by atoms with Gasteiger partial charge in [-0.25, -0.2) is 9.67 Å². The number of hydrogen-bond acceptors (Lipinski definition) is 3. The molecule has 0 saturated heterocycles. The molecular formula is C12H23N3S. The maximum atomic E-state index is 4.52. The van der Waals surface area contributed by atoms with Crippen LogP contribution in [-0.4, -0.2) is 20.5 Å². The third-order valence-corrected chi connectivity index (χ3v) is 3.14. The standard InChI is InChI=1S/C12H23N3S/c1-4-11-13-12(5-2)15(14-11)8-6-10(3)7-9-16/h10,16H,4-9H2,1-3H3. The Hall–Kier alpha value is -0.510. The summed E-state index contributed by atoms with van der Waals surface area (Å²) in [5.41, 5.74) is 0. The molecule has 0 radical (unpaired) electrons.